The number of nitrogens with one attached hydrogen (secondary N) is 1. The second-order valence-electron chi connectivity index (χ2n) is 14.6. The van der Waals surface area contributed by atoms with Crippen molar-refractivity contribution in [3.05, 3.63) is 52.3 Å². The highest BCUT2D eigenvalue weighted by Gasteiger charge is 2.37. The lowest BCUT2D eigenvalue weighted by molar-refractivity contribution is 0.0269. The zero-order valence-corrected chi connectivity index (χ0v) is 31.8. The first-order valence-corrected chi connectivity index (χ1v) is 19.5. The number of amides is 2. The molecule has 0 aliphatic carbocycles. The van der Waals surface area contributed by atoms with Gasteiger partial charge in [0.05, 0.1) is 72.0 Å². The van der Waals surface area contributed by atoms with E-state index >= 15 is 0 Å². The van der Waals surface area contributed by atoms with Crippen LogP contribution in [0.5, 0.6) is 0 Å². The molecule has 5 atom stereocenters. The lowest BCUT2D eigenvalue weighted by Crippen LogP contribution is -2.39. The molecule has 3 aliphatic rings. The van der Waals surface area contributed by atoms with Gasteiger partial charge in [0, 0.05) is 49.0 Å². The molecule has 284 valence electrons. The number of ether oxygens (including phenoxy) is 1. The van der Waals surface area contributed by atoms with Crippen molar-refractivity contribution in [2.75, 3.05) is 48.6 Å². The maximum Gasteiger partial charge on any atom is 0.410 e. The molecule has 1 aromatic carbocycles. The van der Waals surface area contributed by atoms with Crippen molar-refractivity contribution in [1.82, 2.24) is 24.4 Å². The fraction of sp³-hybridized carbons (Fsp3) is 0.543. The van der Waals surface area contributed by atoms with E-state index in [1.54, 1.807) is 30.2 Å². The summed E-state index contributed by atoms with van der Waals surface area (Å²) >= 11 is 6.18. The number of β-amino-alcohol motifs (C(OH)–C–C–N with tert-alkyl or cyclic N) is 2. The van der Waals surface area contributed by atoms with Gasteiger partial charge in [-0.15, -0.1) is 0 Å². The van der Waals surface area contributed by atoms with Gasteiger partial charge in [0.25, 0.3) is 5.91 Å². The van der Waals surface area contributed by atoms with Crippen molar-refractivity contribution in [2.45, 2.75) is 70.8 Å². The maximum atomic E-state index is 13.8. The molecule has 3 aromatic rings. The summed E-state index contributed by atoms with van der Waals surface area (Å²) in [4.78, 5) is 35.1. The van der Waals surface area contributed by atoms with E-state index in [0.717, 1.165) is 24.7 Å². The first-order valence-electron chi connectivity index (χ1n) is 17.2. The van der Waals surface area contributed by atoms with E-state index in [-0.39, 0.29) is 36.3 Å². The van der Waals surface area contributed by atoms with Crippen LogP contribution in [0.3, 0.4) is 0 Å². The van der Waals surface area contributed by atoms with Crippen molar-refractivity contribution in [2.24, 2.45) is 11.8 Å². The number of aryl methyl sites for hydroxylation is 1. The molecule has 3 saturated heterocycles. The van der Waals surface area contributed by atoms with Crippen molar-refractivity contribution >= 4 is 50.8 Å². The zero-order valence-electron chi connectivity index (χ0n) is 30.2. The number of halogens is 1. The first kappa shape index (κ1) is 39.5. The lowest BCUT2D eigenvalue weighted by atomic mass is 9.98. The van der Waals surface area contributed by atoms with Gasteiger partial charge in [-0.2, -0.15) is 15.6 Å². The molecule has 2 aromatic heterocycles. The molecule has 0 saturated carbocycles. The molecular formula is C35H44ClN9O7S. The molecule has 3 N–H and O–H groups in total. The molecule has 0 bridgehead atoms. The normalized spacial score (nSPS) is 23.2. The fourth-order valence-electron chi connectivity index (χ4n) is 6.60. The SMILES string of the molecule is CC(C)(C)OC(=O)N1CC(O)C(C#N)C1.Cc1cn2nc([C@@H]3CCCCN3C(=O)c3cc(Cl)ccc3NS(C)(=O)=O)cc2nc1N1CC(O)C(C#N)C1. The summed E-state index contributed by atoms with van der Waals surface area (Å²) in [6.07, 6.45) is 3.33. The van der Waals surface area contributed by atoms with E-state index in [2.05, 4.69) is 10.8 Å². The van der Waals surface area contributed by atoms with Gasteiger partial charge in [-0.3, -0.25) is 9.52 Å². The van der Waals surface area contributed by atoms with Crippen molar-refractivity contribution < 1.29 is 33.0 Å². The Balaban J connectivity index is 0.000000303. The number of aliphatic hydroxyl groups excluding tert-OH is 2. The van der Waals surface area contributed by atoms with E-state index in [0.29, 0.717) is 48.2 Å². The van der Waals surface area contributed by atoms with Crippen LogP contribution < -0.4 is 9.62 Å². The predicted molar refractivity (Wildman–Crippen MR) is 196 cm³/mol. The molecule has 3 fully saturated rings. The standard InChI is InChI=1S/C25H28ClN7O4S.C10H16N2O3/c1-15-12-33-23(28-24(15)31-13-16(11-27)22(34)14-31)10-20(29-33)21-5-3-4-8-32(21)25(35)18-9-17(26)6-7-19(18)30-38(2,36)37;1-10(2,3)15-9(14)12-5-7(4-11)8(13)6-12/h6-7,9-10,12,16,21-22,30,34H,3-5,8,13-14H2,1-2H3;7-8,13H,5-6H2,1-3H3/t16?,21-,22?;/m0./s1. The average Bonchev–Trinajstić information content (AvgIpc) is 3.79. The summed E-state index contributed by atoms with van der Waals surface area (Å²) in [6.45, 7) is 8.87. The number of hydrogen-bond donors (Lipinski definition) is 3. The number of anilines is 2. The van der Waals surface area contributed by atoms with Gasteiger partial charge in [0.1, 0.15) is 11.4 Å². The Morgan fingerprint density at radius 1 is 1.04 bits per heavy atom. The van der Waals surface area contributed by atoms with Crippen LogP contribution in [0.2, 0.25) is 5.02 Å². The van der Waals surface area contributed by atoms with Gasteiger partial charge < -0.3 is 29.6 Å². The number of likely N-dealkylation sites (tertiary alicyclic amines) is 2. The highest BCUT2D eigenvalue weighted by molar-refractivity contribution is 7.92. The molecule has 2 amide bonds. The number of sulfonamides is 1. The molecular weight excluding hydrogens is 726 g/mol. The molecule has 18 heteroatoms. The van der Waals surface area contributed by atoms with E-state index in [1.807, 2.05) is 30.2 Å². The number of hydrogen-bond acceptors (Lipinski definition) is 12. The Bertz CT molecular complexity index is 2060. The van der Waals surface area contributed by atoms with E-state index in [4.69, 9.17) is 31.7 Å². The number of nitriles is 2. The number of aromatic nitrogens is 3. The molecule has 53 heavy (non-hydrogen) atoms. The number of rotatable bonds is 5. The monoisotopic (exact) mass is 769 g/mol. The van der Waals surface area contributed by atoms with Crippen LogP contribution in [0.15, 0.2) is 30.5 Å². The van der Waals surface area contributed by atoms with Crippen LogP contribution in [-0.4, -0.2) is 112 Å². The second-order valence-corrected chi connectivity index (χ2v) is 16.8. The van der Waals surface area contributed by atoms with Crippen molar-refractivity contribution in [3.63, 3.8) is 0 Å². The minimum Gasteiger partial charge on any atom is -0.444 e. The van der Waals surface area contributed by atoms with Gasteiger partial charge in [-0.1, -0.05) is 11.6 Å². The fourth-order valence-corrected chi connectivity index (χ4v) is 7.35. The number of aliphatic hydroxyl groups is 2. The van der Waals surface area contributed by atoms with Crippen LogP contribution in [0.25, 0.3) is 5.65 Å². The largest absolute Gasteiger partial charge is 0.444 e. The Labute approximate surface area is 313 Å². The number of carbonyl (C=O) groups is 2. The summed E-state index contributed by atoms with van der Waals surface area (Å²) in [5.74, 6) is -0.618. The summed E-state index contributed by atoms with van der Waals surface area (Å²) in [7, 11) is -3.61. The minimum atomic E-state index is -3.61. The third-order valence-corrected chi connectivity index (χ3v) is 9.92. The quantitative estimate of drug-likeness (QED) is 0.340. The van der Waals surface area contributed by atoms with Crippen LogP contribution >= 0.6 is 11.6 Å². The van der Waals surface area contributed by atoms with Crippen molar-refractivity contribution in [1.29, 1.82) is 10.5 Å². The Kier molecular flexibility index (Phi) is 11.7. The number of carbonyl (C=O) groups excluding carboxylic acids is 2. The molecule has 3 aliphatic heterocycles. The Morgan fingerprint density at radius 3 is 2.34 bits per heavy atom. The summed E-state index contributed by atoms with van der Waals surface area (Å²) in [6, 6.07) is 10.1. The third-order valence-electron chi connectivity index (χ3n) is 9.10. The van der Waals surface area contributed by atoms with Gasteiger partial charge in [0.15, 0.2) is 5.65 Å². The Hall–Kier alpha value is -4.68. The molecule has 5 heterocycles. The lowest BCUT2D eigenvalue weighted by Gasteiger charge is -2.35. The third kappa shape index (κ3) is 9.47. The smallest absolute Gasteiger partial charge is 0.410 e. The molecule has 0 radical (unpaired) electrons. The van der Waals surface area contributed by atoms with Gasteiger partial charge in [0.2, 0.25) is 10.0 Å². The summed E-state index contributed by atoms with van der Waals surface area (Å²) < 4.78 is 33.0. The topological polar surface area (TPSA) is 217 Å². The second kappa shape index (κ2) is 15.7. The van der Waals surface area contributed by atoms with Crippen LogP contribution in [-0.2, 0) is 14.8 Å². The highest BCUT2D eigenvalue weighted by atomic mass is 35.5. The van der Waals surface area contributed by atoms with E-state index in [9.17, 15) is 33.5 Å². The number of benzene rings is 1. The minimum absolute atomic E-state index is 0.173. The predicted octanol–water partition coefficient (Wildman–Crippen LogP) is 3.49. The summed E-state index contributed by atoms with van der Waals surface area (Å²) in [5.41, 5.74) is 1.92. The van der Waals surface area contributed by atoms with Crippen molar-refractivity contribution in [3.8, 4) is 12.1 Å². The van der Waals surface area contributed by atoms with Crippen LogP contribution in [0.4, 0.5) is 16.3 Å². The molecule has 16 nitrogen and oxygen atoms in total. The summed E-state index contributed by atoms with van der Waals surface area (Å²) in [5, 5.41) is 42.6. The molecule has 4 unspecified atom stereocenters. The van der Waals surface area contributed by atoms with E-state index < -0.39 is 45.8 Å². The average molecular weight is 770 g/mol. The van der Waals surface area contributed by atoms with Crippen LogP contribution in [0.1, 0.15) is 67.7 Å². The highest BCUT2D eigenvalue weighted by Crippen LogP contribution is 2.35. The number of piperidine rings is 1. The number of fused-ring (bicyclic) bond motifs is 1. The molecule has 0 spiro atoms. The molecule has 6 rings (SSSR count). The Morgan fingerprint density at radius 2 is 1.72 bits per heavy atom. The van der Waals surface area contributed by atoms with Crippen LogP contribution in [0, 0.1) is 41.4 Å². The van der Waals surface area contributed by atoms with Gasteiger partial charge in [-0.25, -0.2) is 22.7 Å². The van der Waals surface area contributed by atoms with Gasteiger partial charge >= 0.3 is 6.09 Å². The number of nitrogens with zero attached hydrogens (tertiary/aromatic N) is 8. The van der Waals surface area contributed by atoms with E-state index in [1.165, 1.54) is 23.1 Å². The first-order chi connectivity index (χ1) is 24.9. The van der Waals surface area contributed by atoms with Gasteiger partial charge in [-0.05, 0) is 65.2 Å². The zero-order chi connectivity index (χ0) is 38.8. The maximum absolute atomic E-state index is 13.8.